The van der Waals surface area contributed by atoms with E-state index in [2.05, 4.69) is 31.7 Å². The molecule has 6 heteroatoms. The molecule has 1 heterocycles. The summed E-state index contributed by atoms with van der Waals surface area (Å²) in [5, 5.41) is 2.92. The molecule has 0 fully saturated rings. The number of rotatable bonds is 4. The fourth-order valence-corrected chi connectivity index (χ4v) is 2.08. The predicted octanol–water partition coefficient (Wildman–Crippen LogP) is 2.62. The molecule has 0 saturated heterocycles. The van der Waals surface area contributed by atoms with Gasteiger partial charge in [0.25, 0.3) is 5.91 Å². The fraction of sp³-hybridized carbons (Fsp3) is 0.143. The van der Waals surface area contributed by atoms with E-state index in [0.717, 1.165) is 10.0 Å². The summed E-state index contributed by atoms with van der Waals surface area (Å²) in [5.74, 6) is 5.48. The van der Waals surface area contributed by atoms with Crippen molar-refractivity contribution in [2.24, 2.45) is 5.84 Å². The summed E-state index contributed by atoms with van der Waals surface area (Å²) < 4.78 is 1.00. The van der Waals surface area contributed by atoms with Gasteiger partial charge in [0.1, 0.15) is 0 Å². The summed E-state index contributed by atoms with van der Waals surface area (Å²) in [6, 6.07) is 11.1. The number of carbonyl (C=O) groups excluding carboxylic acids is 1. The van der Waals surface area contributed by atoms with Crippen molar-refractivity contribution in [1.29, 1.82) is 0 Å². The van der Waals surface area contributed by atoms with Crippen molar-refractivity contribution >= 4 is 27.7 Å². The number of hydrazine groups is 1. The second-order valence-corrected chi connectivity index (χ2v) is 5.21. The zero-order chi connectivity index (χ0) is 14.5. The van der Waals surface area contributed by atoms with Gasteiger partial charge in [-0.05, 0) is 36.8 Å². The summed E-state index contributed by atoms with van der Waals surface area (Å²) in [6.45, 7) is 1.92. The van der Waals surface area contributed by atoms with Crippen LogP contribution in [0.5, 0.6) is 0 Å². The number of nitrogens with zero attached hydrogens (tertiary/aromatic N) is 1. The van der Waals surface area contributed by atoms with Crippen molar-refractivity contribution in [2.45, 2.75) is 13.0 Å². The van der Waals surface area contributed by atoms with E-state index in [1.165, 1.54) is 0 Å². The van der Waals surface area contributed by atoms with Crippen LogP contribution in [0.3, 0.4) is 0 Å². The van der Waals surface area contributed by atoms with Crippen molar-refractivity contribution in [3.05, 3.63) is 58.2 Å². The SMILES string of the molecule is CC(NC(=O)c1cccnc1NN)c1ccc(Br)cc1. The molecule has 0 aliphatic carbocycles. The lowest BCUT2D eigenvalue weighted by Gasteiger charge is -2.15. The lowest BCUT2D eigenvalue weighted by Crippen LogP contribution is -2.28. The van der Waals surface area contributed by atoms with Crippen LogP contribution in [0.25, 0.3) is 0 Å². The third kappa shape index (κ3) is 3.34. The van der Waals surface area contributed by atoms with Gasteiger partial charge in [-0.25, -0.2) is 10.8 Å². The molecular weight excluding hydrogens is 320 g/mol. The van der Waals surface area contributed by atoms with Gasteiger partial charge in [-0.1, -0.05) is 28.1 Å². The van der Waals surface area contributed by atoms with Gasteiger partial charge in [-0.15, -0.1) is 0 Å². The van der Waals surface area contributed by atoms with E-state index in [-0.39, 0.29) is 11.9 Å². The number of aromatic nitrogens is 1. The molecule has 1 amide bonds. The molecule has 0 saturated carbocycles. The Morgan fingerprint density at radius 3 is 2.65 bits per heavy atom. The van der Waals surface area contributed by atoms with E-state index in [9.17, 15) is 4.79 Å². The predicted molar refractivity (Wildman–Crippen MR) is 82.1 cm³/mol. The fourth-order valence-electron chi connectivity index (χ4n) is 1.81. The zero-order valence-corrected chi connectivity index (χ0v) is 12.5. The van der Waals surface area contributed by atoms with E-state index in [1.54, 1.807) is 18.3 Å². The molecule has 0 bridgehead atoms. The molecule has 2 aromatic rings. The Kier molecular flexibility index (Phi) is 4.70. The topological polar surface area (TPSA) is 80.0 Å². The third-order valence-electron chi connectivity index (χ3n) is 2.91. The van der Waals surface area contributed by atoms with Gasteiger partial charge in [0.15, 0.2) is 5.82 Å². The van der Waals surface area contributed by atoms with Crippen LogP contribution in [0, 0.1) is 0 Å². The van der Waals surface area contributed by atoms with Gasteiger partial charge in [-0.3, -0.25) is 4.79 Å². The van der Waals surface area contributed by atoms with Crippen molar-refractivity contribution in [2.75, 3.05) is 5.43 Å². The highest BCUT2D eigenvalue weighted by Gasteiger charge is 2.14. The van der Waals surface area contributed by atoms with Crippen LogP contribution in [0.15, 0.2) is 47.1 Å². The number of benzene rings is 1. The number of pyridine rings is 1. The molecule has 0 aliphatic rings. The number of hydrogen-bond acceptors (Lipinski definition) is 4. The average molecular weight is 335 g/mol. The largest absolute Gasteiger partial charge is 0.345 e. The molecule has 20 heavy (non-hydrogen) atoms. The van der Waals surface area contributed by atoms with Crippen LogP contribution in [0.4, 0.5) is 5.82 Å². The zero-order valence-electron chi connectivity index (χ0n) is 10.9. The van der Waals surface area contributed by atoms with Crippen LogP contribution in [-0.2, 0) is 0 Å². The van der Waals surface area contributed by atoms with E-state index in [4.69, 9.17) is 5.84 Å². The lowest BCUT2D eigenvalue weighted by molar-refractivity contribution is 0.0940. The molecule has 104 valence electrons. The first kappa shape index (κ1) is 14.5. The molecule has 0 spiro atoms. The van der Waals surface area contributed by atoms with Crippen molar-refractivity contribution in [3.8, 4) is 0 Å². The number of nitrogen functional groups attached to an aromatic ring is 1. The summed E-state index contributed by atoms with van der Waals surface area (Å²) in [5.41, 5.74) is 3.86. The molecular formula is C14H15BrN4O. The summed E-state index contributed by atoms with van der Waals surface area (Å²) in [7, 11) is 0. The van der Waals surface area contributed by atoms with Gasteiger partial charge in [0, 0.05) is 10.7 Å². The van der Waals surface area contributed by atoms with E-state index in [0.29, 0.717) is 11.4 Å². The Labute approximate surface area is 125 Å². The van der Waals surface area contributed by atoms with Crippen LogP contribution in [0.1, 0.15) is 28.9 Å². The van der Waals surface area contributed by atoms with E-state index < -0.39 is 0 Å². The van der Waals surface area contributed by atoms with Crippen LogP contribution >= 0.6 is 15.9 Å². The summed E-state index contributed by atoms with van der Waals surface area (Å²) >= 11 is 3.38. The van der Waals surface area contributed by atoms with Gasteiger partial charge < -0.3 is 10.7 Å². The number of anilines is 1. The first-order valence-electron chi connectivity index (χ1n) is 6.09. The molecule has 0 radical (unpaired) electrons. The molecule has 5 nitrogen and oxygen atoms in total. The lowest BCUT2D eigenvalue weighted by atomic mass is 10.1. The number of hydrogen-bond donors (Lipinski definition) is 3. The van der Waals surface area contributed by atoms with Gasteiger partial charge in [-0.2, -0.15) is 0 Å². The highest BCUT2D eigenvalue weighted by molar-refractivity contribution is 9.10. The number of amides is 1. The number of nitrogens with one attached hydrogen (secondary N) is 2. The van der Waals surface area contributed by atoms with E-state index in [1.807, 2.05) is 31.2 Å². The molecule has 0 aliphatic heterocycles. The molecule has 2 rings (SSSR count). The Balaban J connectivity index is 2.13. The second kappa shape index (κ2) is 6.49. The maximum Gasteiger partial charge on any atom is 0.255 e. The normalized spacial score (nSPS) is 11.8. The van der Waals surface area contributed by atoms with Crippen molar-refractivity contribution in [3.63, 3.8) is 0 Å². The summed E-state index contributed by atoms with van der Waals surface area (Å²) in [4.78, 5) is 16.2. The van der Waals surface area contributed by atoms with Crippen LogP contribution < -0.4 is 16.6 Å². The Bertz CT molecular complexity index is 600. The molecule has 1 aromatic heterocycles. The molecule has 1 atom stereocenters. The standard InChI is InChI=1S/C14H15BrN4O/c1-9(10-4-6-11(15)7-5-10)18-14(20)12-3-2-8-17-13(12)19-16/h2-9H,16H2,1H3,(H,17,19)(H,18,20). The Morgan fingerprint density at radius 1 is 1.30 bits per heavy atom. The maximum absolute atomic E-state index is 12.2. The average Bonchev–Trinajstić information content (AvgIpc) is 2.47. The van der Waals surface area contributed by atoms with Gasteiger partial charge >= 0.3 is 0 Å². The van der Waals surface area contributed by atoms with Crippen LogP contribution in [0.2, 0.25) is 0 Å². The highest BCUT2D eigenvalue weighted by Crippen LogP contribution is 2.18. The Hall–Kier alpha value is -1.92. The minimum atomic E-state index is -0.221. The molecule has 1 aromatic carbocycles. The Morgan fingerprint density at radius 2 is 2.00 bits per heavy atom. The smallest absolute Gasteiger partial charge is 0.255 e. The highest BCUT2D eigenvalue weighted by atomic mass is 79.9. The minimum absolute atomic E-state index is 0.110. The third-order valence-corrected chi connectivity index (χ3v) is 3.44. The number of nitrogens with two attached hydrogens (primary N) is 1. The second-order valence-electron chi connectivity index (χ2n) is 4.29. The quantitative estimate of drug-likeness (QED) is 0.593. The maximum atomic E-state index is 12.2. The first-order valence-corrected chi connectivity index (χ1v) is 6.89. The van der Waals surface area contributed by atoms with Crippen molar-refractivity contribution in [1.82, 2.24) is 10.3 Å². The number of halogens is 1. The molecule has 1 unspecified atom stereocenters. The molecule has 4 N–H and O–H groups in total. The van der Waals surface area contributed by atoms with Crippen LogP contribution in [-0.4, -0.2) is 10.9 Å². The van der Waals surface area contributed by atoms with Gasteiger partial charge in [0.2, 0.25) is 0 Å². The van der Waals surface area contributed by atoms with Crippen molar-refractivity contribution < 1.29 is 4.79 Å². The number of carbonyl (C=O) groups is 1. The summed E-state index contributed by atoms with van der Waals surface area (Å²) in [6.07, 6.45) is 1.57. The first-order chi connectivity index (χ1) is 9.61. The van der Waals surface area contributed by atoms with Gasteiger partial charge in [0.05, 0.1) is 11.6 Å². The minimum Gasteiger partial charge on any atom is -0.345 e. The van der Waals surface area contributed by atoms with E-state index >= 15 is 0 Å². The monoisotopic (exact) mass is 334 g/mol.